The summed E-state index contributed by atoms with van der Waals surface area (Å²) in [6.07, 6.45) is 1.71. The van der Waals surface area contributed by atoms with Crippen LogP contribution in [0.4, 0.5) is 4.39 Å². The Hall–Kier alpha value is -2.82. The second kappa shape index (κ2) is 5.67. The number of hydrogen-bond acceptors (Lipinski definition) is 4. The molecule has 3 N–H and O–H groups in total. The number of hydrogen-bond donors (Lipinski definition) is 2. The van der Waals surface area contributed by atoms with Crippen molar-refractivity contribution < 1.29 is 9.13 Å². The number of aryl methyl sites for hydroxylation is 1. The van der Waals surface area contributed by atoms with Gasteiger partial charge in [-0.1, -0.05) is 24.3 Å². The fourth-order valence-electron chi connectivity index (χ4n) is 3.45. The van der Waals surface area contributed by atoms with E-state index in [9.17, 15) is 4.39 Å². The minimum atomic E-state index is -0.387. The summed E-state index contributed by atoms with van der Waals surface area (Å²) in [7, 11) is 1.64. The maximum absolute atomic E-state index is 14.3. The van der Waals surface area contributed by atoms with Gasteiger partial charge in [0, 0.05) is 11.1 Å². The number of nitrogens with one attached hydrogen (secondary N) is 1. The van der Waals surface area contributed by atoms with E-state index >= 15 is 0 Å². The fraction of sp³-hybridized carbons (Fsp3) is 0.211. The zero-order valence-electron chi connectivity index (χ0n) is 13.3. The van der Waals surface area contributed by atoms with Crippen LogP contribution in [0.25, 0.3) is 5.70 Å². The maximum atomic E-state index is 14.3. The molecule has 2 aromatic rings. The second-order valence-corrected chi connectivity index (χ2v) is 5.99. The Morgan fingerprint density at radius 2 is 2.04 bits per heavy atom. The van der Waals surface area contributed by atoms with Gasteiger partial charge in [-0.05, 0) is 42.2 Å². The van der Waals surface area contributed by atoms with Gasteiger partial charge in [-0.15, -0.1) is 0 Å². The van der Waals surface area contributed by atoms with Crippen molar-refractivity contribution in [1.82, 2.24) is 5.32 Å². The summed E-state index contributed by atoms with van der Waals surface area (Å²) in [6, 6.07) is 12.4. The molecule has 0 bridgehead atoms. The van der Waals surface area contributed by atoms with Crippen molar-refractivity contribution >= 4 is 11.7 Å². The van der Waals surface area contributed by atoms with E-state index < -0.39 is 0 Å². The molecule has 0 unspecified atom stereocenters. The number of methoxy groups -OCH3 is 1. The summed E-state index contributed by atoms with van der Waals surface area (Å²) in [5, 5.41) is 3.17. The molecule has 4 rings (SSSR count). The first-order valence-electron chi connectivity index (χ1n) is 7.92. The minimum absolute atomic E-state index is 0.260. The molecule has 5 heteroatoms. The van der Waals surface area contributed by atoms with Crippen LogP contribution >= 0.6 is 0 Å². The first kappa shape index (κ1) is 14.8. The molecule has 0 amide bonds. The summed E-state index contributed by atoms with van der Waals surface area (Å²) < 4.78 is 19.6. The SMILES string of the molecule is COc1ccc2c(c1)C1=C(CC2)[C@H](c2ccccc2F)N=C(N)N1. The van der Waals surface area contributed by atoms with E-state index in [4.69, 9.17) is 10.5 Å². The lowest BCUT2D eigenvalue weighted by Gasteiger charge is -2.32. The van der Waals surface area contributed by atoms with Crippen LogP contribution < -0.4 is 15.8 Å². The fourth-order valence-corrected chi connectivity index (χ4v) is 3.45. The van der Waals surface area contributed by atoms with Crippen molar-refractivity contribution in [2.75, 3.05) is 7.11 Å². The molecule has 1 aliphatic heterocycles. The van der Waals surface area contributed by atoms with E-state index in [2.05, 4.69) is 16.4 Å². The number of rotatable bonds is 2. The highest BCUT2D eigenvalue weighted by Crippen LogP contribution is 2.41. The van der Waals surface area contributed by atoms with Gasteiger partial charge in [0.05, 0.1) is 12.8 Å². The summed E-state index contributed by atoms with van der Waals surface area (Å²) in [6.45, 7) is 0. The lowest BCUT2D eigenvalue weighted by molar-refractivity contribution is 0.414. The molecule has 24 heavy (non-hydrogen) atoms. The van der Waals surface area contributed by atoms with Crippen LogP contribution in [0, 0.1) is 5.82 Å². The van der Waals surface area contributed by atoms with Crippen molar-refractivity contribution in [3.63, 3.8) is 0 Å². The summed E-state index contributed by atoms with van der Waals surface area (Å²) >= 11 is 0. The van der Waals surface area contributed by atoms with Crippen molar-refractivity contribution in [3.05, 3.63) is 70.5 Å². The predicted octanol–water partition coefficient (Wildman–Crippen LogP) is 3.15. The van der Waals surface area contributed by atoms with Gasteiger partial charge in [-0.25, -0.2) is 9.38 Å². The van der Waals surface area contributed by atoms with Crippen LogP contribution in [-0.2, 0) is 6.42 Å². The summed E-state index contributed by atoms with van der Waals surface area (Å²) in [5.41, 5.74) is 10.8. The molecule has 0 aromatic heterocycles. The second-order valence-electron chi connectivity index (χ2n) is 5.99. The third kappa shape index (κ3) is 2.33. The standard InChI is InChI=1S/C19H18FN3O/c1-24-12-8-6-11-7-9-14-17(13-4-2-3-5-16(13)20)22-19(21)23-18(14)15(11)10-12/h2-6,8,10,17H,7,9H2,1H3,(H3,21,22,23)/t17-/m0/s1. The van der Waals surface area contributed by atoms with Gasteiger partial charge in [0.2, 0.25) is 0 Å². The van der Waals surface area contributed by atoms with Crippen LogP contribution in [0.1, 0.15) is 29.2 Å². The number of fused-ring (bicyclic) bond motifs is 2. The van der Waals surface area contributed by atoms with Gasteiger partial charge in [0.25, 0.3) is 0 Å². The third-order valence-corrected chi connectivity index (χ3v) is 4.62. The first-order valence-corrected chi connectivity index (χ1v) is 7.92. The minimum Gasteiger partial charge on any atom is -0.497 e. The summed E-state index contributed by atoms with van der Waals surface area (Å²) in [4.78, 5) is 4.47. The summed E-state index contributed by atoms with van der Waals surface area (Å²) in [5.74, 6) is 0.828. The number of nitrogens with zero attached hydrogens (tertiary/aromatic N) is 1. The van der Waals surface area contributed by atoms with Crippen molar-refractivity contribution in [2.45, 2.75) is 18.9 Å². The molecule has 1 heterocycles. The zero-order valence-corrected chi connectivity index (χ0v) is 13.3. The Kier molecular flexibility index (Phi) is 3.49. The van der Waals surface area contributed by atoms with Crippen LogP contribution in [0.15, 0.2) is 53.0 Å². The molecule has 0 saturated carbocycles. The average molecular weight is 323 g/mol. The molecule has 2 aliphatic rings. The Morgan fingerprint density at radius 3 is 2.83 bits per heavy atom. The Labute approximate surface area is 139 Å². The van der Waals surface area contributed by atoms with Gasteiger partial charge < -0.3 is 15.8 Å². The number of aliphatic imine (C=N–C) groups is 1. The van der Waals surface area contributed by atoms with E-state index in [0.717, 1.165) is 35.4 Å². The molecule has 0 spiro atoms. The van der Waals surface area contributed by atoms with Crippen LogP contribution in [0.2, 0.25) is 0 Å². The maximum Gasteiger partial charge on any atom is 0.194 e. The first-order chi connectivity index (χ1) is 11.7. The number of benzene rings is 2. The highest BCUT2D eigenvalue weighted by molar-refractivity contribution is 5.93. The lowest BCUT2D eigenvalue weighted by atomic mass is 9.83. The molecule has 122 valence electrons. The van der Waals surface area contributed by atoms with Gasteiger partial charge in [-0.3, -0.25) is 0 Å². The molecule has 2 aromatic carbocycles. The molecule has 0 radical (unpaired) electrons. The van der Waals surface area contributed by atoms with E-state index in [1.54, 1.807) is 19.2 Å². The van der Waals surface area contributed by atoms with Gasteiger partial charge in [0.15, 0.2) is 5.96 Å². The number of ether oxygens (including phenoxy) is 1. The van der Waals surface area contributed by atoms with Gasteiger partial charge in [-0.2, -0.15) is 0 Å². The molecular weight excluding hydrogens is 305 g/mol. The Morgan fingerprint density at radius 1 is 1.21 bits per heavy atom. The lowest BCUT2D eigenvalue weighted by Crippen LogP contribution is -2.37. The number of guanidine groups is 1. The molecule has 4 nitrogen and oxygen atoms in total. The average Bonchev–Trinajstić information content (AvgIpc) is 2.61. The largest absolute Gasteiger partial charge is 0.497 e. The topological polar surface area (TPSA) is 59.6 Å². The van der Waals surface area contributed by atoms with Crippen molar-refractivity contribution in [1.29, 1.82) is 0 Å². The van der Waals surface area contributed by atoms with Crippen LogP contribution in [-0.4, -0.2) is 13.1 Å². The zero-order chi connectivity index (χ0) is 16.7. The molecule has 1 atom stereocenters. The Balaban J connectivity index is 1.87. The molecular formula is C19H18FN3O. The monoisotopic (exact) mass is 323 g/mol. The highest BCUT2D eigenvalue weighted by Gasteiger charge is 2.31. The quantitative estimate of drug-likeness (QED) is 0.892. The van der Waals surface area contributed by atoms with E-state index in [1.807, 2.05) is 18.2 Å². The normalized spacial score (nSPS) is 19.1. The smallest absolute Gasteiger partial charge is 0.194 e. The number of halogens is 1. The van der Waals surface area contributed by atoms with Crippen molar-refractivity contribution in [3.8, 4) is 5.75 Å². The predicted molar refractivity (Wildman–Crippen MR) is 92.1 cm³/mol. The van der Waals surface area contributed by atoms with E-state index in [-0.39, 0.29) is 11.9 Å². The van der Waals surface area contributed by atoms with Crippen LogP contribution in [0.3, 0.4) is 0 Å². The third-order valence-electron chi connectivity index (χ3n) is 4.62. The van der Waals surface area contributed by atoms with Gasteiger partial charge in [0.1, 0.15) is 17.6 Å². The van der Waals surface area contributed by atoms with E-state index in [1.165, 1.54) is 11.6 Å². The number of nitrogens with two attached hydrogens (primary N) is 1. The highest BCUT2D eigenvalue weighted by atomic mass is 19.1. The molecule has 1 aliphatic carbocycles. The van der Waals surface area contributed by atoms with Crippen LogP contribution in [0.5, 0.6) is 5.75 Å². The van der Waals surface area contributed by atoms with Crippen molar-refractivity contribution in [2.24, 2.45) is 10.7 Å². The van der Waals surface area contributed by atoms with Gasteiger partial charge >= 0.3 is 0 Å². The van der Waals surface area contributed by atoms with E-state index in [0.29, 0.717) is 11.5 Å². The molecule has 0 saturated heterocycles. The Bertz CT molecular complexity index is 873. The molecule has 0 fully saturated rings.